The lowest BCUT2D eigenvalue weighted by atomic mass is 10.2. The number of carbonyl (C=O) groups excluding carboxylic acids is 1. The summed E-state index contributed by atoms with van der Waals surface area (Å²) in [7, 11) is 1.68. The Balaban J connectivity index is 1.89. The van der Waals surface area contributed by atoms with Crippen LogP contribution in [-0.4, -0.2) is 29.4 Å². The average molecular weight is 282 g/mol. The van der Waals surface area contributed by atoms with Crippen LogP contribution >= 0.6 is 0 Å². The average Bonchev–Trinajstić information content (AvgIpc) is 2.51. The quantitative estimate of drug-likeness (QED) is 0.811. The first kappa shape index (κ1) is 14.7. The summed E-state index contributed by atoms with van der Waals surface area (Å²) < 4.78 is 13.1. The summed E-state index contributed by atoms with van der Waals surface area (Å²) in [5.74, 6) is 5.27. The van der Waals surface area contributed by atoms with Gasteiger partial charge in [0, 0.05) is 31.8 Å². The van der Waals surface area contributed by atoms with E-state index in [1.54, 1.807) is 19.3 Å². The molecule has 1 aromatic carbocycles. The lowest BCUT2D eigenvalue weighted by Crippen LogP contribution is -2.27. The number of halogens is 1. The van der Waals surface area contributed by atoms with Crippen molar-refractivity contribution < 1.29 is 9.18 Å². The van der Waals surface area contributed by atoms with Crippen molar-refractivity contribution in [2.45, 2.75) is 6.42 Å². The van der Waals surface area contributed by atoms with Gasteiger partial charge in [-0.1, -0.05) is 18.1 Å². The Hall–Kier alpha value is -2.67. The summed E-state index contributed by atoms with van der Waals surface area (Å²) in [6.07, 6.45) is 2.22. The molecule has 0 radical (unpaired) electrons. The van der Waals surface area contributed by atoms with E-state index < -0.39 is 5.82 Å². The maximum absolute atomic E-state index is 13.1. The SMILES string of the molecule is CN(CCC#Cc1ccccn1)C(=O)c1cccc(F)c1. The van der Waals surface area contributed by atoms with Gasteiger partial charge in [0.05, 0.1) is 0 Å². The summed E-state index contributed by atoms with van der Waals surface area (Å²) >= 11 is 0. The van der Waals surface area contributed by atoms with Gasteiger partial charge in [-0.3, -0.25) is 4.79 Å². The van der Waals surface area contributed by atoms with E-state index in [-0.39, 0.29) is 5.91 Å². The van der Waals surface area contributed by atoms with Crippen LogP contribution in [0.15, 0.2) is 48.7 Å². The number of pyridine rings is 1. The Labute approximate surface area is 123 Å². The summed E-state index contributed by atoms with van der Waals surface area (Å²) in [5.41, 5.74) is 1.05. The molecule has 0 aliphatic carbocycles. The summed E-state index contributed by atoms with van der Waals surface area (Å²) in [5, 5.41) is 0. The molecule has 0 spiro atoms. The van der Waals surface area contributed by atoms with Gasteiger partial charge < -0.3 is 4.90 Å². The van der Waals surface area contributed by atoms with Crippen LogP contribution in [-0.2, 0) is 0 Å². The molecule has 0 atom stereocenters. The van der Waals surface area contributed by atoms with E-state index >= 15 is 0 Å². The molecule has 2 rings (SSSR count). The van der Waals surface area contributed by atoms with Crippen LogP contribution in [0.4, 0.5) is 4.39 Å². The fourth-order valence-corrected chi connectivity index (χ4v) is 1.76. The number of nitrogens with zero attached hydrogens (tertiary/aromatic N) is 2. The van der Waals surface area contributed by atoms with Crippen LogP contribution in [0.5, 0.6) is 0 Å². The third-order valence-corrected chi connectivity index (χ3v) is 2.87. The maximum atomic E-state index is 13.1. The number of amides is 1. The highest BCUT2D eigenvalue weighted by molar-refractivity contribution is 5.94. The molecule has 21 heavy (non-hydrogen) atoms. The Morgan fingerprint density at radius 1 is 1.29 bits per heavy atom. The number of benzene rings is 1. The third kappa shape index (κ3) is 4.43. The second kappa shape index (κ2) is 7.20. The molecule has 2 aromatic rings. The maximum Gasteiger partial charge on any atom is 0.253 e. The molecule has 0 aliphatic rings. The first-order valence-electron chi connectivity index (χ1n) is 6.58. The van der Waals surface area contributed by atoms with E-state index in [1.807, 2.05) is 18.2 Å². The lowest BCUT2D eigenvalue weighted by molar-refractivity contribution is 0.0797. The molecule has 3 nitrogen and oxygen atoms in total. The van der Waals surface area contributed by atoms with Crippen molar-refractivity contribution in [2.24, 2.45) is 0 Å². The highest BCUT2D eigenvalue weighted by atomic mass is 19.1. The zero-order valence-corrected chi connectivity index (χ0v) is 11.7. The molecule has 4 heteroatoms. The van der Waals surface area contributed by atoms with Gasteiger partial charge in [-0.05, 0) is 36.3 Å². The van der Waals surface area contributed by atoms with Gasteiger partial charge in [0.25, 0.3) is 5.91 Å². The smallest absolute Gasteiger partial charge is 0.253 e. The van der Waals surface area contributed by atoms with E-state index in [4.69, 9.17) is 0 Å². The van der Waals surface area contributed by atoms with Crippen molar-refractivity contribution in [3.05, 3.63) is 65.7 Å². The number of carbonyl (C=O) groups is 1. The van der Waals surface area contributed by atoms with Crippen LogP contribution in [0, 0.1) is 17.7 Å². The molecule has 0 N–H and O–H groups in total. The number of aromatic nitrogens is 1. The van der Waals surface area contributed by atoms with E-state index in [9.17, 15) is 9.18 Å². The normalized spacial score (nSPS) is 9.62. The summed E-state index contributed by atoms with van der Waals surface area (Å²) in [4.78, 5) is 17.7. The second-order valence-corrected chi connectivity index (χ2v) is 4.50. The van der Waals surface area contributed by atoms with Crippen LogP contribution < -0.4 is 0 Å². The predicted octanol–water partition coefficient (Wildman–Crippen LogP) is 2.73. The first-order chi connectivity index (χ1) is 10.2. The number of rotatable bonds is 3. The summed E-state index contributed by atoms with van der Waals surface area (Å²) in [6.45, 7) is 0.481. The lowest BCUT2D eigenvalue weighted by Gasteiger charge is -2.15. The molecule has 0 bridgehead atoms. The Kier molecular flexibility index (Phi) is 5.05. The Morgan fingerprint density at radius 2 is 2.14 bits per heavy atom. The molecule has 0 aliphatic heterocycles. The van der Waals surface area contributed by atoms with Gasteiger partial charge in [0.15, 0.2) is 0 Å². The second-order valence-electron chi connectivity index (χ2n) is 4.50. The zero-order valence-electron chi connectivity index (χ0n) is 11.7. The van der Waals surface area contributed by atoms with Crippen molar-refractivity contribution in [3.8, 4) is 11.8 Å². The minimum Gasteiger partial charge on any atom is -0.341 e. The van der Waals surface area contributed by atoms with Gasteiger partial charge >= 0.3 is 0 Å². The van der Waals surface area contributed by atoms with E-state index in [0.717, 1.165) is 0 Å². The minimum absolute atomic E-state index is 0.214. The predicted molar refractivity (Wildman–Crippen MR) is 79.1 cm³/mol. The van der Waals surface area contributed by atoms with Crippen LogP contribution in [0.3, 0.4) is 0 Å². The van der Waals surface area contributed by atoms with Gasteiger partial charge in [-0.25, -0.2) is 9.37 Å². The third-order valence-electron chi connectivity index (χ3n) is 2.87. The van der Waals surface area contributed by atoms with Crippen LogP contribution in [0.1, 0.15) is 22.5 Å². The highest BCUT2D eigenvalue weighted by Crippen LogP contribution is 2.06. The molecule has 106 valence electrons. The minimum atomic E-state index is -0.413. The van der Waals surface area contributed by atoms with Gasteiger partial charge in [0.1, 0.15) is 11.5 Å². The van der Waals surface area contributed by atoms with Crippen LogP contribution in [0.25, 0.3) is 0 Å². The molecule has 0 saturated carbocycles. The molecular weight excluding hydrogens is 267 g/mol. The van der Waals surface area contributed by atoms with E-state index in [2.05, 4.69) is 16.8 Å². The standard InChI is InChI=1S/C17H15FN2O/c1-20(17(21)14-7-6-8-15(18)13-14)12-5-3-10-16-9-2-4-11-19-16/h2,4,6-9,11,13H,5,12H2,1H3. The molecule has 1 aromatic heterocycles. The van der Waals surface area contributed by atoms with Gasteiger partial charge in [0.2, 0.25) is 0 Å². The highest BCUT2D eigenvalue weighted by Gasteiger charge is 2.11. The largest absolute Gasteiger partial charge is 0.341 e. The van der Waals surface area contributed by atoms with Gasteiger partial charge in [-0.15, -0.1) is 0 Å². The molecule has 0 saturated heterocycles. The van der Waals surface area contributed by atoms with Crippen LogP contribution in [0.2, 0.25) is 0 Å². The Bertz CT molecular complexity index is 674. The van der Waals surface area contributed by atoms with Crippen molar-refractivity contribution in [1.82, 2.24) is 9.88 Å². The molecule has 0 fully saturated rings. The van der Waals surface area contributed by atoms with Crippen molar-refractivity contribution >= 4 is 5.91 Å². The molecule has 1 amide bonds. The monoisotopic (exact) mass is 282 g/mol. The van der Waals surface area contributed by atoms with Crippen molar-refractivity contribution in [2.75, 3.05) is 13.6 Å². The fourth-order valence-electron chi connectivity index (χ4n) is 1.76. The topological polar surface area (TPSA) is 33.2 Å². The number of hydrogen-bond donors (Lipinski definition) is 0. The van der Waals surface area contributed by atoms with E-state index in [0.29, 0.717) is 24.2 Å². The van der Waals surface area contributed by atoms with Gasteiger partial charge in [-0.2, -0.15) is 0 Å². The molecular formula is C17H15FN2O. The van der Waals surface area contributed by atoms with Crippen molar-refractivity contribution in [1.29, 1.82) is 0 Å². The summed E-state index contributed by atoms with van der Waals surface area (Å²) in [6, 6.07) is 11.2. The Morgan fingerprint density at radius 3 is 2.86 bits per heavy atom. The van der Waals surface area contributed by atoms with Crippen molar-refractivity contribution in [3.63, 3.8) is 0 Å². The van der Waals surface area contributed by atoms with E-state index in [1.165, 1.54) is 23.1 Å². The molecule has 1 heterocycles. The first-order valence-corrected chi connectivity index (χ1v) is 6.58. The zero-order chi connectivity index (χ0) is 15.1. The molecule has 0 unspecified atom stereocenters. The fraction of sp³-hybridized carbons (Fsp3) is 0.176. The number of hydrogen-bond acceptors (Lipinski definition) is 2.